The van der Waals surface area contributed by atoms with Gasteiger partial charge in [0.05, 0.1) is 6.04 Å². The number of nitrogens with one attached hydrogen (secondary N) is 1. The summed E-state index contributed by atoms with van der Waals surface area (Å²) in [5, 5.41) is 3.01. The molecule has 0 saturated carbocycles. The third-order valence-corrected chi connectivity index (χ3v) is 4.67. The van der Waals surface area contributed by atoms with Crippen molar-refractivity contribution in [3.05, 3.63) is 51.5 Å². The zero-order chi connectivity index (χ0) is 17.3. The highest BCUT2D eigenvalue weighted by Crippen LogP contribution is 2.37. The summed E-state index contributed by atoms with van der Waals surface area (Å²) in [4.78, 5) is 12.6. The number of rotatable bonds is 3. The molecule has 0 aliphatic carbocycles. The Morgan fingerprint density at radius 2 is 1.88 bits per heavy atom. The molecule has 2 aromatic carbocycles. The number of amides is 1. The summed E-state index contributed by atoms with van der Waals surface area (Å²) < 4.78 is 12.0. The number of ether oxygens (including phenoxy) is 2. The molecule has 0 bridgehead atoms. The van der Waals surface area contributed by atoms with E-state index in [1.807, 2.05) is 32.0 Å². The molecule has 3 rings (SSSR count). The fourth-order valence-electron chi connectivity index (χ4n) is 2.65. The third-order valence-electron chi connectivity index (χ3n) is 3.98. The molecule has 126 valence electrons. The van der Waals surface area contributed by atoms with Gasteiger partial charge >= 0.3 is 0 Å². The number of hydrogen-bond donors (Lipinski definition) is 2. The van der Waals surface area contributed by atoms with Crippen LogP contribution in [0.4, 0.5) is 5.69 Å². The Kier molecular flexibility index (Phi) is 4.66. The van der Waals surface area contributed by atoms with E-state index in [1.54, 1.807) is 12.1 Å². The summed E-state index contributed by atoms with van der Waals surface area (Å²) in [5.74, 6) is 1.25. The fraction of sp³-hybridized carbons (Fsp3) is 0.278. The molecule has 6 heteroatoms. The number of anilines is 1. The van der Waals surface area contributed by atoms with Crippen LogP contribution in [-0.4, -0.2) is 19.1 Å². The highest BCUT2D eigenvalue weighted by atomic mass is 79.9. The zero-order valence-electron chi connectivity index (χ0n) is 13.6. The number of nitrogen functional groups attached to an aromatic ring is 1. The van der Waals surface area contributed by atoms with E-state index in [2.05, 4.69) is 21.2 Å². The molecule has 0 saturated heterocycles. The van der Waals surface area contributed by atoms with E-state index in [-0.39, 0.29) is 11.9 Å². The first kappa shape index (κ1) is 16.6. The minimum absolute atomic E-state index is 0.158. The van der Waals surface area contributed by atoms with Crippen LogP contribution in [0.2, 0.25) is 0 Å². The van der Waals surface area contributed by atoms with E-state index in [1.165, 1.54) is 0 Å². The van der Waals surface area contributed by atoms with Gasteiger partial charge in [-0.25, -0.2) is 0 Å². The lowest BCUT2D eigenvalue weighted by atomic mass is 10.0. The van der Waals surface area contributed by atoms with Gasteiger partial charge in [0.1, 0.15) is 13.2 Å². The highest BCUT2D eigenvalue weighted by Gasteiger charge is 2.20. The summed E-state index contributed by atoms with van der Waals surface area (Å²) >= 11 is 3.54. The second-order valence-corrected chi connectivity index (χ2v) is 6.64. The van der Waals surface area contributed by atoms with Crippen LogP contribution in [0.3, 0.4) is 0 Å². The van der Waals surface area contributed by atoms with Crippen LogP contribution in [0.5, 0.6) is 11.5 Å². The predicted octanol–water partition coefficient (Wildman–Crippen LogP) is 3.60. The molecular formula is C18H19BrN2O3. The second kappa shape index (κ2) is 6.73. The van der Waals surface area contributed by atoms with Crippen LogP contribution in [-0.2, 0) is 0 Å². The van der Waals surface area contributed by atoms with Gasteiger partial charge in [-0.2, -0.15) is 0 Å². The maximum absolute atomic E-state index is 12.6. The summed E-state index contributed by atoms with van der Waals surface area (Å²) in [7, 11) is 0. The van der Waals surface area contributed by atoms with E-state index in [4.69, 9.17) is 15.2 Å². The smallest absolute Gasteiger partial charge is 0.252 e. The van der Waals surface area contributed by atoms with Gasteiger partial charge < -0.3 is 20.5 Å². The van der Waals surface area contributed by atoms with Crippen LogP contribution in [0.15, 0.2) is 34.8 Å². The predicted molar refractivity (Wildman–Crippen MR) is 96.6 cm³/mol. The number of hydrogen-bond acceptors (Lipinski definition) is 4. The Hall–Kier alpha value is -2.21. The molecule has 0 radical (unpaired) electrons. The van der Waals surface area contributed by atoms with Gasteiger partial charge in [-0.1, -0.05) is 22.0 Å². The molecule has 1 unspecified atom stereocenters. The summed E-state index contributed by atoms with van der Waals surface area (Å²) in [5.41, 5.74) is 8.75. The molecule has 24 heavy (non-hydrogen) atoms. The summed E-state index contributed by atoms with van der Waals surface area (Å²) in [6.45, 7) is 4.88. The molecule has 1 aliphatic rings. The maximum Gasteiger partial charge on any atom is 0.252 e. The average molecular weight is 391 g/mol. The standard InChI is InChI=1S/C18H19BrN2O3/c1-10-3-4-12(20)7-13(10)18(22)21-11(2)14-8-16-17(9-15(14)19)24-6-5-23-16/h3-4,7-9,11H,5-6,20H2,1-2H3,(H,21,22). The SMILES string of the molecule is Cc1ccc(N)cc1C(=O)NC(C)c1cc2c(cc1Br)OCCO2. The lowest BCUT2D eigenvalue weighted by Gasteiger charge is -2.22. The van der Waals surface area contributed by atoms with E-state index < -0.39 is 0 Å². The largest absolute Gasteiger partial charge is 0.486 e. The van der Waals surface area contributed by atoms with Gasteiger partial charge in [0.2, 0.25) is 0 Å². The van der Waals surface area contributed by atoms with Crippen LogP contribution < -0.4 is 20.5 Å². The Bertz CT molecular complexity index is 792. The number of halogens is 1. The minimum Gasteiger partial charge on any atom is -0.486 e. The lowest BCUT2D eigenvalue weighted by molar-refractivity contribution is 0.0939. The Labute approximate surface area is 149 Å². The molecule has 0 fully saturated rings. The molecule has 5 nitrogen and oxygen atoms in total. The topological polar surface area (TPSA) is 73.6 Å². The van der Waals surface area contributed by atoms with Crippen LogP contribution in [0, 0.1) is 6.92 Å². The molecule has 1 heterocycles. The monoisotopic (exact) mass is 390 g/mol. The number of aryl methyl sites for hydroxylation is 1. The van der Waals surface area contributed by atoms with Crippen molar-refractivity contribution in [3.8, 4) is 11.5 Å². The molecular weight excluding hydrogens is 372 g/mol. The number of benzene rings is 2. The van der Waals surface area contributed by atoms with Gasteiger partial charge in [0.15, 0.2) is 11.5 Å². The van der Waals surface area contributed by atoms with Crippen molar-refractivity contribution in [2.24, 2.45) is 0 Å². The molecule has 0 aromatic heterocycles. The minimum atomic E-state index is -0.205. The first-order valence-electron chi connectivity index (χ1n) is 7.71. The molecule has 2 aromatic rings. The number of fused-ring (bicyclic) bond motifs is 1. The average Bonchev–Trinajstić information content (AvgIpc) is 2.56. The van der Waals surface area contributed by atoms with Crippen LogP contribution >= 0.6 is 15.9 Å². The van der Waals surface area contributed by atoms with Crippen molar-refractivity contribution in [2.75, 3.05) is 18.9 Å². The number of carbonyl (C=O) groups excluding carboxylic acids is 1. The van der Waals surface area contributed by atoms with Gasteiger partial charge in [-0.15, -0.1) is 0 Å². The summed E-state index contributed by atoms with van der Waals surface area (Å²) in [6, 6.07) is 8.88. The molecule has 1 atom stereocenters. The van der Waals surface area contributed by atoms with Crippen molar-refractivity contribution in [1.29, 1.82) is 0 Å². The number of nitrogens with two attached hydrogens (primary N) is 1. The highest BCUT2D eigenvalue weighted by molar-refractivity contribution is 9.10. The quantitative estimate of drug-likeness (QED) is 0.785. The Balaban J connectivity index is 1.83. The lowest BCUT2D eigenvalue weighted by Crippen LogP contribution is -2.28. The molecule has 3 N–H and O–H groups in total. The van der Waals surface area contributed by atoms with Crippen LogP contribution in [0.25, 0.3) is 0 Å². The van der Waals surface area contributed by atoms with Crippen molar-refractivity contribution >= 4 is 27.5 Å². The van der Waals surface area contributed by atoms with Crippen molar-refractivity contribution < 1.29 is 14.3 Å². The van der Waals surface area contributed by atoms with Crippen LogP contribution in [0.1, 0.15) is 34.5 Å². The molecule has 1 amide bonds. The second-order valence-electron chi connectivity index (χ2n) is 5.79. The normalized spacial score (nSPS) is 14.1. The van der Waals surface area contributed by atoms with Gasteiger partial charge in [0, 0.05) is 15.7 Å². The maximum atomic E-state index is 12.6. The fourth-order valence-corrected chi connectivity index (χ4v) is 3.31. The van der Waals surface area contributed by atoms with E-state index in [0.717, 1.165) is 15.6 Å². The van der Waals surface area contributed by atoms with E-state index >= 15 is 0 Å². The Morgan fingerprint density at radius 1 is 1.21 bits per heavy atom. The first-order valence-corrected chi connectivity index (χ1v) is 8.51. The Morgan fingerprint density at radius 3 is 2.58 bits per heavy atom. The molecule has 0 spiro atoms. The van der Waals surface area contributed by atoms with E-state index in [0.29, 0.717) is 36.0 Å². The number of carbonyl (C=O) groups is 1. The van der Waals surface area contributed by atoms with Gasteiger partial charge in [-0.3, -0.25) is 4.79 Å². The van der Waals surface area contributed by atoms with E-state index in [9.17, 15) is 4.79 Å². The van der Waals surface area contributed by atoms with Crippen molar-refractivity contribution in [1.82, 2.24) is 5.32 Å². The summed E-state index contributed by atoms with van der Waals surface area (Å²) in [6.07, 6.45) is 0. The van der Waals surface area contributed by atoms with Crippen molar-refractivity contribution in [2.45, 2.75) is 19.9 Å². The van der Waals surface area contributed by atoms with Crippen molar-refractivity contribution in [3.63, 3.8) is 0 Å². The molecule has 1 aliphatic heterocycles. The van der Waals surface area contributed by atoms with Gasteiger partial charge in [0.25, 0.3) is 5.91 Å². The third kappa shape index (κ3) is 3.33. The zero-order valence-corrected chi connectivity index (χ0v) is 15.1. The first-order chi connectivity index (χ1) is 11.5. The van der Waals surface area contributed by atoms with Gasteiger partial charge in [-0.05, 0) is 49.2 Å².